The molecule has 3 rings (SSSR count). The van der Waals surface area contributed by atoms with Crippen molar-refractivity contribution in [1.29, 1.82) is 0 Å². The average molecular weight is 303 g/mol. The van der Waals surface area contributed by atoms with Gasteiger partial charge in [-0.25, -0.2) is 0 Å². The van der Waals surface area contributed by atoms with E-state index in [1.807, 2.05) is 6.07 Å². The number of fused-ring (bicyclic) bond motifs is 1. The van der Waals surface area contributed by atoms with Crippen molar-refractivity contribution in [2.75, 3.05) is 24.1 Å². The van der Waals surface area contributed by atoms with Gasteiger partial charge in [0.05, 0.1) is 0 Å². The summed E-state index contributed by atoms with van der Waals surface area (Å²) in [5.41, 5.74) is 6.62. The Kier molecular flexibility index (Phi) is 4.42. The third kappa shape index (κ3) is 3.14. The van der Waals surface area contributed by atoms with Crippen molar-refractivity contribution in [1.82, 2.24) is 24.5 Å². The number of piperidine rings is 1. The van der Waals surface area contributed by atoms with Crippen LogP contribution in [0.3, 0.4) is 0 Å². The number of nitrogens with zero attached hydrogens (tertiary/aromatic N) is 5. The van der Waals surface area contributed by atoms with E-state index in [1.165, 1.54) is 25.8 Å². The van der Waals surface area contributed by atoms with E-state index in [9.17, 15) is 0 Å². The Morgan fingerprint density at radius 3 is 3.09 bits per heavy atom. The van der Waals surface area contributed by atoms with E-state index in [-0.39, 0.29) is 0 Å². The van der Waals surface area contributed by atoms with Gasteiger partial charge < -0.3 is 11.1 Å². The summed E-state index contributed by atoms with van der Waals surface area (Å²) in [6, 6.07) is 3.16. The molecule has 22 heavy (non-hydrogen) atoms. The van der Waals surface area contributed by atoms with Gasteiger partial charge in [-0.1, -0.05) is 6.42 Å². The number of likely N-dealkylation sites (tertiary alicyclic amines) is 1. The minimum Gasteiger partial charge on any atom is -0.370 e. The predicted molar refractivity (Wildman–Crippen MR) is 87.8 cm³/mol. The summed E-state index contributed by atoms with van der Waals surface area (Å²) < 4.78 is 1.67. The summed E-state index contributed by atoms with van der Waals surface area (Å²) in [5, 5.41) is 11.2. The lowest BCUT2D eigenvalue weighted by atomic mass is 9.98. The molecule has 7 heteroatoms. The average Bonchev–Trinajstić information content (AvgIpc) is 2.96. The molecule has 0 bridgehead atoms. The molecule has 3 N–H and O–H groups in total. The second kappa shape index (κ2) is 6.48. The van der Waals surface area contributed by atoms with Gasteiger partial charge in [-0.05, 0) is 39.7 Å². The van der Waals surface area contributed by atoms with Crippen LogP contribution in [0.25, 0.3) is 5.65 Å². The van der Waals surface area contributed by atoms with E-state index >= 15 is 0 Å². The van der Waals surface area contributed by atoms with Gasteiger partial charge in [-0.2, -0.15) is 4.98 Å². The molecule has 3 heterocycles. The lowest BCUT2D eigenvalue weighted by molar-refractivity contribution is 0.108. The molecule has 0 aliphatic carbocycles. The molecule has 1 saturated heterocycles. The fourth-order valence-corrected chi connectivity index (χ4v) is 3.32. The molecule has 0 saturated carbocycles. The molecule has 0 amide bonds. The van der Waals surface area contributed by atoms with Gasteiger partial charge in [-0.15, -0.1) is 10.2 Å². The third-order valence-corrected chi connectivity index (χ3v) is 4.44. The molecule has 1 atom stereocenters. The number of hydrogen-bond donors (Lipinski definition) is 2. The first-order chi connectivity index (χ1) is 10.6. The summed E-state index contributed by atoms with van der Waals surface area (Å²) in [6.07, 6.45) is 6.65. The summed E-state index contributed by atoms with van der Waals surface area (Å²) in [6.45, 7) is 6.68. The molecule has 120 valence electrons. The van der Waals surface area contributed by atoms with Crippen molar-refractivity contribution in [2.24, 2.45) is 0 Å². The van der Waals surface area contributed by atoms with Crippen LogP contribution in [0.5, 0.6) is 0 Å². The molecule has 2 aromatic rings. The van der Waals surface area contributed by atoms with Crippen LogP contribution in [0.2, 0.25) is 0 Å². The fourth-order valence-electron chi connectivity index (χ4n) is 3.32. The van der Waals surface area contributed by atoms with Gasteiger partial charge in [0.2, 0.25) is 5.95 Å². The molecular formula is C15H25N7. The van der Waals surface area contributed by atoms with Gasteiger partial charge >= 0.3 is 0 Å². The van der Waals surface area contributed by atoms with Crippen molar-refractivity contribution < 1.29 is 0 Å². The number of aromatic nitrogens is 4. The molecular weight excluding hydrogens is 278 g/mol. The number of nitrogens with one attached hydrogen (secondary N) is 1. The van der Waals surface area contributed by atoms with E-state index in [0.29, 0.717) is 18.0 Å². The van der Waals surface area contributed by atoms with E-state index < -0.39 is 0 Å². The molecule has 1 aliphatic rings. The van der Waals surface area contributed by atoms with Crippen LogP contribution in [-0.4, -0.2) is 49.7 Å². The highest BCUT2D eigenvalue weighted by atomic mass is 15.3. The van der Waals surface area contributed by atoms with Crippen LogP contribution >= 0.6 is 0 Å². The van der Waals surface area contributed by atoms with Crippen molar-refractivity contribution >= 4 is 17.4 Å². The highest BCUT2D eigenvalue weighted by Gasteiger charge is 2.23. The lowest BCUT2D eigenvalue weighted by Crippen LogP contribution is -2.44. The summed E-state index contributed by atoms with van der Waals surface area (Å²) >= 11 is 0. The van der Waals surface area contributed by atoms with E-state index in [4.69, 9.17) is 5.73 Å². The minimum absolute atomic E-state index is 0.409. The van der Waals surface area contributed by atoms with Gasteiger partial charge in [0, 0.05) is 24.7 Å². The monoisotopic (exact) mass is 303 g/mol. The highest BCUT2D eigenvalue weighted by molar-refractivity contribution is 5.53. The number of rotatable bonds is 5. The van der Waals surface area contributed by atoms with Crippen molar-refractivity contribution in [3.63, 3.8) is 0 Å². The Morgan fingerprint density at radius 2 is 2.27 bits per heavy atom. The quantitative estimate of drug-likeness (QED) is 0.876. The number of nitrogen functional groups attached to an aromatic ring is 1. The summed E-state index contributed by atoms with van der Waals surface area (Å²) in [5.74, 6) is 1.18. The second-order valence-electron chi connectivity index (χ2n) is 6.26. The Hall–Kier alpha value is -1.89. The zero-order chi connectivity index (χ0) is 15.5. The Morgan fingerprint density at radius 1 is 1.41 bits per heavy atom. The maximum absolute atomic E-state index is 5.90. The minimum atomic E-state index is 0.409. The molecule has 0 radical (unpaired) electrons. The van der Waals surface area contributed by atoms with Crippen LogP contribution in [0.4, 0.5) is 11.8 Å². The molecule has 1 aliphatic heterocycles. The normalized spacial score (nSPS) is 19.9. The van der Waals surface area contributed by atoms with Gasteiger partial charge in [0.1, 0.15) is 12.1 Å². The number of nitrogens with two attached hydrogens (primary N) is 1. The van der Waals surface area contributed by atoms with Crippen LogP contribution in [0.1, 0.15) is 39.5 Å². The smallest absolute Gasteiger partial charge is 0.209 e. The van der Waals surface area contributed by atoms with Crippen molar-refractivity contribution in [3.05, 3.63) is 12.4 Å². The fraction of sp³-hybridized carbons (Fsp3) is 0.667. The van der Waals surface area contributed by atoms with Crippen LogP contribution in [-0.2, 0) is 0 Å². The molecule has 1 fully saturated rings. The zero-order valence-electron chi connectivity index (χ0n) is 13.4. The Bertz CT molecular complexity index is 621. The summed E-state index contributed by atoms with van der Waals surface area (Å²) in [7, 11) is 0. The molecule has 1 unspecified atom stereocenters. The van der Waals surface area contributed by atoms with Gasteiger partial charge in [0.15, 0.2) is 5.65 Å². The Labute approximate surface area is 130 Å². The molecule has 0 spiro atoms. The molecule has 2 aromatic heterocycles. The standard InChI is InChI=1S/C15H25N7/c1-11(2)21-8-4-3-5-12(21)6-7-17-13-9-14-20-18-10-22(14)15(16)19-13/h9-12,17H,3-8H2,1-2H3,(H2,16,19). The van der Waals surface area contributed by atoms with Crippen LogP contribution in [0.15, 0.2) is 12.4 Å². The summed E-state index contributed by atoms with van der Waals surface area (Å²) in [4.78, 5) is 6.97. The van der Waals surface area contributed by atoms with E-state index in [0.717, 1.165) is 24.4 Å². The predicted octanol–water partition coefficient (Wildman–Crippen LogP) is 1.77. The maximum Gasteiger partial charge on any atom is 0.209 e. The van der Waals surface area contributed by atoms with Crippen LogP contribution in [0, 0.1) is 0 Å². The Balaban J connectivity index is 1.59. The first kappa shape index (κ1) is 15.0. The first-order valence-electron chi connectivity index (χ1n) is 8.11. The van der Waals surface area contributed by atoms with Gasteiger partial charge in [-0.3, -0.25) is 9.30 Å². The SMILES string of the molecule is CC(C)N1CCCCC1CCNc1cc2nncn2c(N)n1. The topological polar surface area (TPSA) is 84.4 Å². The highest BCUT2D eigenvalue weighted by Crippen LogP contribution is 2.22. The maximum atomic E-state index is 5.90. The largest absolute Gasteiger partial charge is 0.370 e. The molecule has 7 nitrogen and oxygen atoms in total. The molecule has 0 aromatic carbocycles. The number of hydrogen-bond acceptors (Lipinski definition) is 6. The second-order valence-corrected chi connectivity index (χ2v) is 6.26. The number of anilines is 2. The van der Waals surface area contributed by atoms with Crippen molar-refractivity contribution in [2.45, 2.75) is 51.6 Å². The first-order valence-corrected chi connectivity index (χ1v) is 8.11. The third-order valence-electron chi connectivity index (χ3n) is 4.44. The van der Waals surface area contributed by atoms with Crippen LogP contribution < -0.4 is 11.1 Å². The van der Waals surface area contributed by atoms with E-state index in [2.05, 4.69) is 39.2 Å². The zero-order valence-corrected chi connectivity index (χ0v) is 13.4. The van der Waals surface area contributed by atoms with E-state index in [1.54, 1.807) is 10.7 Å². The van der Waals surface area contributed by atoms with Crippen molar-refractivity contribution in [3.8, 4) is 0 Å². The lowest BCUT2D eigenvalue weighted by Gasteiger charge is -2.38. The van der Waals surface area contributed by atoms with Gasteiger partial charge in [0.25, 0.3) is 0 Å².